The van der Waals surface area contributed by atoms with E-state index in [9.17, 15) is 4.79 Å². The van der Waals surface area contributed by atoms with Crippen molar-refractivity contribution in [1.82, 2.24) is 4.90 Å². The number of methoxy groups -OCH3 is 1. The van der Waals surface area contributed by atoms with Gasteiger partial charge in [-0.25, -0.2) is 0 Å². The molecule has 0 aromatic carbocycles. The van der Waals surface area contributed by atoms with Gasteiger partial charge in [0.05, 0.1) is 13.0 Å². The molecule has 2 rings (SSSR count). The minimum Gasteiger partial charge on any atom is -0.469 e. The molecule has 17 heavy (non-hydrogen) atoms. The normalized spacial score (nSPS) is 18.2. The topological polar surface area (TPSA) is 29.5 Å². The molecule has 5 heteroatoms. The van der Waals surface area contributed by atoms with E-state index in [4.69, 9.17) is 4.74 Å². The molecule has 0 bridgehead atoms. The average Bonchev–Trinajstić information content (AvgIpc) is 2.75. The van der Waals surface area contributed by atoms with Gasteiger partial charge in [0.25, 0.3) is 0 Å². The molecular weight excluding hydrogens is 302 g/mol. The molecule has 1 aromatic rings. The Morgan fingerprint density at radius 3 is 2.82 bits per heavy atom. The molecule has 2 heterocycles. The van der Waals surface area contributed by atoms with E-state index < -0.39 is 0 Å². The van der Waals surface area contributed by atoms with E-state index in [0.29, 0.717) is 0 Å². The lowest BCUT2D eigenvalue weighted by Crippen LogP contribution is -2.36. The molecule has 0 N–H and O–H groups in total. The van der Waals surface area contributed by atoms with Gasteiger partial charge in [-0.1, -0.05) is 0 Å². The summed E-state index contributed by atoms with van der Waals surface area (Å²) in [5.74, 6) is 0.0508. The summed E-state index contributed by atoms with van der Waals surface area (Å²) >= 11 is 5.24. The van der Waals surface area contributed by atoms with Crippen LogP contribution in [0.1, 0.15) is 17.7 Å². The van der Waals surface area contributed by atoms with Gasteiger partial charge < -0.3 is 4.74 Å². The number of piperidine rings is 1. The van der Waals surface area contributed by atoms with E-state index in [0.717, 1.165) is 36.9 Å². The number of hydrogen-bond acceptors (Lipinski definition) is 4. The van der Waals surface area contributed by atoms with Gasteiger partial charge in [-0.15, -0.1) is 11.3 Å². The highest BCUT2D eigenvalue weighted by Crippen LogP contribution is 2.24. The van der Waals surface area contributed by atoms with Crippen LogP contribution in [0.3, 0.4) is 0 Å². The van der Waals surface area contributed by atoms with Crippen LogP contribution in [0, 0.1) is 5.92 Å². The van der Waals surface area contributed by atoms with Gasteiger partial charge in [0.2, 0.25) is 0 Å². The van der Waals surface area contributed by atoms with Crippen molar-refractivity contribution >= 4 is 33.2 Å². The zero-order valence-corrected chi connectivity index (χ0v) is 12.2. The molecule has 1 aromatic heterocycles. The van der Waals surface area contributed by atoms with Crippen molar-refractivity contribution in [2.75, 3.05) is 20.2 Å². The van der Waals surface area contributed by atoms with Gasteiger partial charge in [0, 0.05) is 21.3 Å². The number of likely N-dealkylation sites (tertiary alicyclic amines) is 1. The third-order valence-corrected chi connectivity index (χ3v) is 4.81. The zero-order valence-electron chi connectivity index (χ0n) is 9.82. The Bertz CT molecular complexity index is 386. The maximum Gasteiger partial charge on any atom is 0.308 e. The Kier molecular flexibility index (Phi) is 4.59. The summed E-state index contributed by atoms with van der Waals surface area (Å²) in [7, 11) is 1.47. The van der Waals surface area contributed by atoms with Crippen LogP contribution >= 0.6 is 27.3 Å². The highest BCUT2D eigenvalue weighted by atomic mass is 79.9. The monoisotopic (exact) mass is 317 g/mol. The number of carbonyl (C=O) groups excluding carboxylic acids is 1. The van der Waals surface area contributed by atoms with Crippen LogP contribution in [0.15, 0.2) is 15.9 Å². The molecule has 0 saturated carbocycles. The molecule has 3 nitrogen and oxygen atoms in total. The SMILES string of the molecule is COC(=O)C1CCN(Cc2cc(Br)cs2)CC1. The van der Waals surface area contributed by atoms with Crippen molar-refractivity contribution in [3.63, 3.8) is 0 Å². The Labute approximate surface area is 114 Å². The highest BCUT2D eigenvalue weighted by Gasteiger charge is 2.25. The van der Waals surface area contributed by atoms with Crippen LogP contribution in [-0.2, 0) is 16.1 Å². The summed E-state index contributed by atoms with van der Waals surface area (Å²) in [6.07, 6.45) is 1.83. The number of rotatable bonds is 3. The predicted octanol–water partition coefficient (Wildman–Crippen LogP) is 2.90. The minimum atomic E-state index is -0.0523. The molecule has 1 aliphatic rings. The second-order valence-electron chi connectivity index (χ2n) is 4.30. The molecule has 0 radical (unpaired) electrons. The fraction of sp³-hybridized carbons (Fsp3) is 0.583. The van der Waals surface area contributed by atoms with Crippen molar-refractivity contribution < 1.29 is 9.53 Å². The van der Waals surface area contributed by atoms with Crippen molar-refractivity contribution in [2.24, 2.45) is 5.92 Å². The molecule has 94 valence electrons. The van der Waals surface area contributed by atoms with Gasteiger partial charge in [-0.3, -0.25) is 9.69 Å². The standard InChI is InChI=1S/C12H16BrNO2S/c1-16-12(15)9-2-4-14(5-3-9)7-11-6-10(13)8-17-11/h6,8-9H,2-5,7H2,1H3. The summed E-state index contributed by atoms with van der Waals surface area (Å²) in [6, 6.07) is 2.16. The zero-order chi connectivity index (χ0) is 12.3. The fourth-order valence-electron chi connectivity index (χ4n) is 2.15. The molecule has 0 unspecified atom stereocenters. The number of halogens is 1. The predicted molar refractivity (Wildman–Crippen MR) is 72.0 cm³/mol. The Morgan fingerprint density at radius 1 is 1.59 bits per heavy atom. The van der Waals surface area contributed by atoms with Crippen LogP contribution in [0.4, 0.5) is 0 Å². The van der Waals surface area contributed by atoms with Crippen LogP contribution < -0.4 is 0 Å². The highest BCUT2D eigenvalue weighted by molar-refractivity contribution is 9.10. The quantitative estimate of drug-likeness (QED) is 0.803. The molecule has 0 aliphatic carbocycles. The van der Waals surface area contributed by atoms with E-state index in [1.54, 1.807) is 11.3 Å². The molecular formula is C12H16BrNO2S. The van der Waals surface area contributed by atoms with Gasteiger partial charge in [0.1, 0.15) is 0 Å². The number of nitrogens with zero attached hydrogens (tertiary/aromatic N) is 1. The lowest BCUT2D eigenvalue weighted by Gasteiger charge is -2.30. The number of thiophene rings is 1. The minimum absolute atomic E-state index is 0.0523. The lowest BCUT2D eigenvalue weighted by molar-refractivity contribution is -0.147. The van der Waals surface area contributed by atoms with Crippen LogP contribution in [0.2, 0.25) is 0 Å². The largest absolute Gasteiger partial charge is 0.469 e. The first-order valence-electron chi connectivity index (χ1n) is 5.72. The number of ether oxygens (including phenoxy) is 1. The summed E-state index contributed by atoms with van der Waals surface area (Å²) in [6.45, 7) is 2.95. The van der Waals surface area contributed by atoms with Crippen LogP contribution in [-0.4, -0.2) is 31.1 Å². The summed E-state index contributed by atoms with van der Waals surface area (Å²) in [5.41, 5.74) is 0. The smallest absolute Gasteiger partial charge is 0.308 e. The third-order valence-electron chi connectivity index (χ3n) is 3.12. The number of esters is 1. The van der Waals surface area contributed by atoms with Crippen LogP contribution in [0.5, 0.6) is 0 Å². The van der Waals surface area contributed by atoms with Gasteiger partial charge in [-0.05, 0) is 47.9 Å². The number of carbonyl (C=O) groups is 1. The maximum absolute atomic E-state index is 11.4. The summed E-state index contributed by atoms with van der Waals surface area (Å²) in [4.78, 5) is 15.2. The van der Waals surface area contributed by atoms with Crippen molar-refractivity contribution in [2.45, 2.75) is 19.4 Å². The molecule has 0 spiro atoms. The molecule has 1 aliphatic heterocycles. The van der Waals surface area contributed by atoms with Crippen LogP contribution in [0.25, 0.3) is 0 Å². The summed E-state index contributed by atoms with van der Waals surface area (Å²) < 4.78 is 5.94. The maximum atomic E-state index is 11.4. The molecule has 1 fully saturated rings. The van der Waals surface area contributed by atoms with E-state index >= 15 is 0 Å². The second kappa shape index (κ2) is 5.98. The second-order valence-corrected chi connectivity index (χ2v) is 6.22. The van der Waals surface area contributed by atoms with E-state index in [1.165, 1.54) is 12.0 Å². The van der Waals surface area contributed by atoms with E-state index in [2.05, 4.69) is 32.3 Å². The molecule has 1 saturated heterocycles. The fourth-order valence-corrected chi connectivity index (χ4v) is 3.64. The van der Waals surface area contributed by atoms with Crippen molar-refractivity contribution in [3.05, 3.63) is 20.8 Å². The third kappa shape index (κ3) is 3.53. The van der Waals surface area contributed by atoms with E-state index in [1.807, 2.05) is 0 Å². The summed E-state index contributed by atoms with van der Waals surface area (Å²) in [5, 5.41) is 2.11. The first-order valence-corrected chi connectivity index (χ1v) is 7.39. The van der Waals surface area contributed by atoms with Gasteiger partial charge >= 0.3 is 5.97 Å². The molecule has 0 atom stereocenters. The van der Waals surface area contributed by atoms with Gasteiger partial charge in [0.15, 0.2) is 0 Å². The van der Waals surface area contributed by atoms with Crippen molar-refractivity contribution in [1.29, 1.82) is 0 Å². The average molecular weight is 318 g/mol. The number of hydrogen-bond donors (Lipinski definition) is 0. The Morgan fingerprint density at radius 2 is 2.29 bits per heavy atom. The Hall–Kier alpha value is -0.390. The molecule has 0 amide bonds. The lowest BCUT2D eigenvalue weighted by atomic mass is 9.97. The van der Waals surface area contributed by atoms with Crippen molar-refractivity contribution in [3.8, 4) is 0 Å². The first-order chi connectivity index (χ1) is 8.19. The van der Waals surface area contributed by atoms with Gasteiger partial charge in [-0.2, -0.15) is 0 Å². The Balaban J connectivity index is 1.81. The van der Waals surface area contributed by atoms with E-state index in [-0.39, 0.29) is 11.9 Å². The first kappa shape index (κ1) is 13.1.